The molecule has 0 aliphatic carbocycles. The van der Waals surface area contributed by atoms with Gasteiger partial charge in [0.2, 0.25) is 5.91 Å². The highest BCUT2D eigenvalue weighted by atomic mass is 19.1. The third-order valence-corrected chi connectivity index (χ3v) is 8.33. The number of anilines is 2. The largest absolute Gasteiger partial charge is 0.454 e. The van der Waals surface area contributed by atoms with Gasteiger partial charge in [-0.2, -0.15) is 4.98 Å². The number of fused-ring (bicyclic) bond motifs is 7. The second kappa shape index (κ2) is 9.37. The molecule has 2 aliphatic heterocycles. The molecule has 0 N–H and O–H groups in total. The standard InChI is InChI=1S/C31H28F2N6O3/c1-5-23(40)37-11-12-38-17(15-37)14-36(4)29-25-20-13-18(26(29)33)24-19(32)7-6-8-21(24)42-22-9-10-34-27(16(2)3)28(22)39(20)31(41)35-30(25)38/h5-10,13,16-17H,1,11-12,14-15H2,2-4H3. The Bertz CT molecular complexity index is 2070. The van der Waals surface area contributed by atoms with Gasteiger partial charge in [-0.3, -0.25) is 14.2 Å². The molecular weight excluding hydrogens is 542 g/mol. The maximum atomic E-state index is 16.9. The lowest BCUT2D eigenvalue weighted by Crippen LogP contribution is -2.57. The van der Waals surface area contributed by atoms with E-state index in [9.17, 15) is 9.59 Å². The summed E-state index contributed by atoms with van der Waals surface area (Å²) in [5.41, 5.74) is 1.31. The molecule has 0 radical (unpaired) electrons. The number of hydrogen-bond acceptors (Lipinski definition) is 7. The summed E-state index contributed by atoms with van der Waals surface area (Å²) in [7, 11) is 1.76. The summed E-state index contributed by atoms with van der Waals surface area (Å²) in [6.07, 6.45) is 2.85. The van der Waals surface area contributed by atoms with E-state index < -0.39 is 17.3 Å². The summed E-state index contributed by atoms with van der Waals surface area (Å²) in [6, 6.07) is 7.19. The Balaban J connectivity index is 1.72. The molecule has 214 valence electrons. The summed E-state index contributed by atoms with van der Waals surface area (Å²) in [5, 5.41) is 0.353. The molecule has 5 heterocycles. The summed E-state index contributed by atoms with van der Waals surface area (Å²) in [5.74, 6) is -1.29. The van der Waals surface area contributed by atoms with E-state index in [4.69, 9.17) is 4.42 Å². The number of carbonyl (C=O) groups excluding carboxylic acids is 1. The zero-order chi connectivity index (χ0) is 29.4. The second-order valence-corrected chi connectivity index (χ2v) is 11.2. The van der Waals surface area contributed by atoms with Crippen molar-refractivity contribution in [3.63, 3.8) is 0 Å². The van der Waals surface area contributed by atoms with Gasteiger partial charge in [0.1, 0.15) is 22.7 Å². The fourth-order valence-electron chi connectivity index (χ4n) is 6.47. The normalized spacial score (nSPS) is 16.9. The highest BCUT2D eigenvalue weighted by Crippen LogP contribution is 2.43. The number of rotatable bonds is 2. The third-order valence-electron chi connectivity index (χ3n) is 8.33. The maximum absolute atomic E-state index is 16.9. The van der Waals surface area contributed by atoms with Gasteiger partial charge in [-0.25, -0.2) is 13.6 Å². The smallest absolute Gasteiger partial charge is 0.354 e. The summed E-state index contributed by atoms with van der Waals surface area (Å²) >= 11 is 0. The van der Waals surface area contributed by atoms with Crippen LogP contribution in [0.3, 0.4) is 0 Å². The van der Waals surface area contributed by atoms with Gasteiger partial charge in [0.05, 0.1) is 33.7 Å². The molecule has 7 rings (SSSR count). The zero-order valence-electron chi connectivity index (χ0n) is 23.4. The molecule has 42 heavy (non-hydrogen) atoms. The minimum absolute atomic E-state index is 0.0297. The Morgan fingerprint density at radius 2 is 1.95 bits per heavy atom. The van der Waals surface area contributed by atoms with Gasteiger partial charge in [0, 0.05) is 50.9 Å². The molecule has 0 spiro atoms. The van der Waals surface area contributed by atoms with E-state index in [1.165, 1.54) is 28.7 Å². The average molecular weight is 571 g/mol. The highest BCUT2D eigenvalue weighted by Gasteiger charge is 2.37. The molecule has 11 heteroatoms. The number of likely N-dealkylation sites (N-methyl/N-ethyl adjacent to an activating group) is 1. The lowest BCUT2D eigenvalue weighted by molar-refractivity contribution is -0.126. The van der Waals surface area contributed by atoms with E-state index in [0.717, 1.165) is 0 Å². The van der Waals surface area contributed by atoms with Crippen molar-refractivity contribution in [2.45, 2.75) is 25.8 Å². The van der Waals surface area contributed by atoms with Crippen LogP contribution in [0.2, 0.25) is 0 Å². The molecule has 9 nitrogen and oxygen atoms in total. The van der Waals surface area contributed by atoms with Crippen molar-refractivity contribution in [3.05, 3.63) is 77.0 Å². The molecule has 0 saturated carbocycles. The Labute approximate surface area is 238 Å². The molecular formula is C31H28F2N6O3. The van der Waals surface area contributed by atoms with Gasteiger partial charge < -0.3 is 19.1 Å². The van der Waals surface area contributed by atoms with Crippen LogP contribution < -0.4 is 15.5 Å². The van der Waals surface area contributed by atoms with Gasteiger partial charge >= 0.3 is 5.69 Å². The molecule has 2 aliphatic rings. The van der Waals surface area contributed by atoms with Crippen LogP contribution in [0.15, 0.2) is 58.4 Å². The molecule has 1 amide bonds. The van der Waals surface area contributed by atoms with Crippen LogP contribution >= 0.6 is 0 Å². The van der Waals surface area contributed by atoms with Gasteiger partial charge in [-0.05, 0) is 30.2 Å². The van der Waals surface area contributed by atoms with E-state index >= 15 is 8.78 Å². The molecule has 2 bridgehead atoms. The van der Waals surface area contributed by atoms with Crippen LogP contribution in [0.4, 0.5) is 20.3 Å². The first kappa shape index (κ1) is 26.1. The molecule has 1 atom stereocenters. The van der Waals surface area contributed by atoms with E-state index in [-0.39, 0.29) is 45.5 Å². The molecule has 2 aromatic carbocycles. The Kier molecular flexibility index (Phi) is 5.83. The van der Waals surface area contributed by atoms with Crippen molar-refractivity contribution in [1.82, 2.24) is 19.3 Å². The van der Waals surface area contributed by atoms with Crippen molar-refractivity contribution in [3.8, 4) is 0 Å². The van der Waals surface area contributed by atoms with Crippen molar-refractivity contribution in [2.75, 3.05) is 43.0 Å². The Morgan fingerprint density at radius 3 is 2.71 bits per heavy atom. The topological polar surface area (TPSA) is 87.2 Å². The van der Waals surface area contributed by atoms with Crippen LogP contribution in [0, 0.1) is 11.6 Å². The summed E-state index contributed by atoms with van der Waals surface area (Å²) in [4.78, 5) is 41.2. The first-order chi connectivity index (χ1) is 20.2. The quantitative estimate of drug-likeness (QED) is 0.283. The van der Waals surface area contributed by atoms with Crippen LogP contribution in [-0.4, -0.2) is 64.4 Å². The van der Waals surface area contributed by atoms with Crippen LogP contribution in [0.1, 0.15) is 25.5 Å². The van der Waals surface area contributed by atoms with Crippen LogP contribution in [-0.2, 0) is 4.79 Å². The lowest BCUT2D eigenvalue weighted by atomic mass is 10.0. The van der Waals surface area contributed by atoms with Crippen molar-refractivity contribution in [1.29, 1.82) is 0 Å². The molecule has 1 unspecified atom stereocenters. The first-order valence-corrected chi connectivity index (χ1v) is 13.8. The van der Waals surface area contributed by atoms with Crippen molar-refractivity contribution >= 4 is 55.8 Å². The van der Waals surface area contributed by atoms with Crippen molar-refractivity contribution < 1.29 is 18.0 Å². The number of nitrogens with zero attached hydrogens (tertiary/aromatic N) is 6. The molecule has 5 aromatic rings. The lowest BCUT2D eigenvalue weighted by Gasteiger charge is -2.41. The third kappa shape index (κ3) is 3.65. The molecule has 1 fully saturated rings. The van der Waals surface area contributed by atoms with Gasteiger partial charge in [-0.15, -0.1) is 0 Å². The number of pyridine rings is 1. The van der Waals surface area contributed by atoms with E-state index in [0.29, 0.717) is 54.1 Å². The maximum Gasteiger partial charge on any atom is 0.354 e. The Morgan fingerprint density at radius 1 is 1.14 bits per heavy atom. The SMILES string of the molecule is C=CC(=O)N1CCN2c3nc(=O)n4c5cc(c(F)c(c35)N(C)CC2C1)c1c(F)cccc1oc1ccnc(C(C)C)c14. The number of carbonyl (C=O) groups is 1. The average Bonchev–Trinajstić information content (AvgIpc) is 3.04. The van der Waals surface area contributed by atoms with Crippen LogP contribution in [0.5, 0.6) is 0 Å². The summed E-state index contributed by atoms with van der Waals surface area (Å²) in [6.45, 7) is 8.97. The zero-order valence-corrected chi connectivity index (χ0v) is 23.4. The summed E-state index contributed by atoms with van der Waals surface area (Å²) < 4.78 is 40.2. The van der Waals surface area contributed by atoms with Crippen molar-refractivity contribution in [2.24, 2.45) is 0 Å². The fourth-order valence-corrected chi connectivity index (χ4v) is 6.47. The fraction of sp³-hybridized carbons (Fsp3) is 0.290. The van der Waals surface area contributed by atoms with E-state index in [1.54, 1.807) is 35.2 Å². The number of amides is 1. The second-order valence-electron chi connectivity index (χ2n) is 11.2. The minimum atomic E-state index is -0.657. The van der Waals surface area contributed by atoms with Gasteiger partial charge in [0.15, 0.2) is 11.4 Å². The van der Waals surface area contributed by atoms with Gasteiger partial charge in [-0.1, -0.05) is 26.5 Å². The van der Waals surface area contributed by atoms with Crippen LogP contribution in [0.25, 0.3) is 38.4 Å². The molecule has 1 saturated heterocycles. The van der Waals surface area contributed by atoms with Gasteiger partial charge in [0.25, 0.3) is 0 Å². The number of aromatic nitrogens is 3. The first-order valence-electron chi connectivity index (χ1n) is 13.8. The minimum Gasteiger partial charge on any atom is -0.454 e. The predicted octanol–water partition coefficient (Wildman–Crippen LogP) is 4.76. The Hall–Kier alpha value is -4.80. The van der Waals surface area contributed by atoms with E-state index in [1.807, 2.05) is 18.7 Å². The predicted molar refractivity (Wildman–Crippen MR) is 158 cm³/mol. The number of halogens is 2. The number of benzene rings is 2. The monoisotopic (exact) mass is 570 g/mol. The highest BCUT2D eigenvalue weighted by molar-refractivity contribution is 6.10. The number of hydrogen-bond donors (Lipinski definition) is 0. The molecule has 3 aromatic heterocycles. The number of piperazine rings is 1. The van der Waals surface area contributed by atoms with E-state index in [2.05, 4.69) is 16.5 Å².